The number of carbonyl (C=O) groups is 1. The van der Waals surface area contributed by atoms with E-state index in [1.165, 1.54) is 38.0 Å². The number of anilines is 1. The highest BCUT2D eigenvalue weighted by molar-refractivity contribution is 7.16. The first-order valence-electron chi connectivity index (χ1n) is 10.5. The molecule has 5 rings (SSSR count). The van der Waals surface area contributed by atoms with Crippen LogP contribution < -0.4 is 19.5 Å². The van der Waals surface area contributed by atoms with Gasteiger partial charge in [0.1, 0.15) is 17.7 Å². The van der Waals surface area contributed by atoms with E-state index in [-0.39, 0.29) is 28.2 Å². The van der Waals surface area contributed by atoms with Crippen LogP contribution in [0.1, 0.15) is 33.6 Å². The number of thiazole rings is 1. The number of rotatable bonds is 4. The molecule has 1 fully saturated rings. The number of hydrogen-bond acceptors (Lipinski definition) is 9. The van der Waals surface area contributed by atoms with E-state index in [9.17, 15) is 18.0 Å². The number of benzene rings is 1. The molecule has 2 aliphatic rings. The molecule has 9 nitrogen and oxygen atoms in total. The summed E-state index contributed by atoms with van der Waals surface area (Å²) in [5.74, 6) is -0.480. The van der Waals surface area contributed by atoms with Crippen molar-refractivity contribution in [3.8, 4) is 28.8 Å². The summed E-state index contributed by atoms with van der Waals surface area (Å²) in [5, 5.41) is 2.95. The molecule has 1 spiro atoms. The van der Waals surface area contributed by atoms with Gasteiger partial charge in [0.15, 0.2) is 10.7 Å². The van der Waals surface area contributed by atoms with E-state index in [0.29, 0.717) is 42.2 Å². The first kappa shape index (κ1) is 23.3. The molecule has 2 aromatic heterocycles. The normalized spacial score (nSPS) is 16.1. The number of ether oxygens (including phenoxy) is 4. The predicted molar refractivity (Wildman–Crippen MR) is 118 cm³/mol. The summed E-state index contributed by atoms with van der Waals surface area (Å²) in [7, 11) is 2.72. The van der Waals surface area contributed by atoms with Crippen LogP contribution >= 0.6 is 11.3 Å². The summed E-state index contributed by atoms with van der Waals surface area (Å²) in [6, 6.07) is 3.32. The molecule has 2 aliphatic heterocycles. The van der Waals surface area contributed by atoms with Crippen molar-refractivity contribution in [1.29, 1.82) is 0 Å². The zero-order valence-electron chi connectivity index (χ0n) is 18.6. The molecular formula is C22H19F3N4O5S. The maximum absolute atomic E-state index is 13.4. The summed E-state index contributed by atoms with van der Waals surface area (Å²) in [6.45, 7) is 0.756. The summed E-state index contributed by atoms with van der Waals surface area (Å²) in [5.41, 5.74) is -0.853. The van der Waals surface area contributed by atoms with Gasteiger partial charge in [0.05, 0.1) is 43.6 Å². The van der Waals surface area contributed by atoms with E-state index in [4.69, 9.17) is 18.9 Å². The average molecular weight is 508 g/mol. The minimum Gasteiger partial charge on any atom is -0.481 e. The molecule has 4 heterocycles. The molecule has 1 amide bonds. The molecule has 3 aromatic rings. The van der Waals surface area contributed by atoms with E-state index < -0.39 is 23.2 Å². The minimum atomic E-state index is -4.52. The van der Waals surface area contributed by atoms with Crippen LogP contribution in [0.15, 0.2) is 24.5 Å². The van der Waals surface area contributed by atoms with E-state index in [0.717, 1.165) is 12.1 Å². The van der Waals surface area contributed by atoms with Crippen LogP contribution in [0.4, 0.5) is 18.3 Å². The number of nitrogens with one attached hydrogen (secondary N) is 1. The Morgan fingerprint density at radius 3 is 2.46 bits per heavy atom. The van der Waals surface area contributed by atoms with Crippen molar-refractivity contribution in [3.05, 3.63) is 40.5 Å². The molecule has 0 bridgehead atoms. The standard InChI is InChI=1S/C22H19F3N4O5S/c1-31-18-14(19(32-2)27-10-26-18)17(30)29-20-28-15-12-4-3-11(22(23,24)25)9-13(12)34-21(16(15)35-20)5-7-33-8-6-21/h3-4,9-10H,5-8H2,1-2H3,(H,28,29,30). The number of aromatic nitrogens is 3. The Morgan fingerprint density at radius 1 is 1.14 bits per heavy atom. The molecule has 1 aromatic carbocycles. The average Bonchev–Trinajstić information content (AvgIpc) is 3.28. The Hall–Kier alpha value is -3.45. The van der Waals surface area contributed by atoms with Crippen molar-refractivity contribution < 1.29 is 36.9 Å². The van der Waals surface area contributed by atoms with Crippen molar-refractivity contribution in [1.82, 2.24) is 15.0 Å². The molecule has 13 heteroatoms. The first-order chi connectivity index (χ1) is 16.8. The quantitative estimate of drug-likeness (QED) is 0.557. The fourth-order valence-corrected chi connectivity index (χ4v) is 5.31. The number of amides is 1. The number of fused-ring (bicyclic) bond motifs is 4. The van der Waals surface area contributed by atoms with E-state index >= 15 is 0 Å². The third-order valence-electron chi connectivity index (χ3n) is 5.82. The summed E-state index contributed by atoms with van der Waals surface area (Å²) in [4.78, 5) is 26.3. The Bertz CT molecular complexity index is 1270. The second kappa shape index (κ2) is 8.64. The summed E-state index contributed by atoms with van der Waals surface area (Å²) < 4.78 is 62.1. The molecule has 35 heavy (non-hydrogen) atoms. The SMILES string of the molecule is COc1ncnc(OC)c1C(=O)Nc1nc2c(s1)C1(CCOCC1)Oc1cc(C(F)(F)F)ccc1-2. The third-order valence-corrected chi connectivity index (χ3v) is 6.98. The fraction of sp³-hybridized carbons (Fsp3) is 0.364. The lowest BCUT2D eigenvalue weighted by molar-refractivity contribution is -0.137. The van der Waals surface area contributed by atoms with E-state index in [1.54, 1.807) is 0 Å². The molecule has 0 saturated carbocycles. The molecule has 0 atom stereocenters. The lowest BCUT2D eigenvalue weighted by Crippen LogP contribution is -2.40. The minimum absolute atomic E-state index is 0.0158. The third kappa shape index (κ3) is 4.04. The number of hydrogen-bond donors (Lipinski definition) is 1. The molecular weight excluding hydrogens is 489 g/mol. The lowest BCUT2D eigenvalue weighted by Gasteiger charge is -2.40. The second-order valence-corrected chi connectivity index (χ2v) is 8.83. The van der Waals surface area contributed by atoms with Crippen molar-refractivity contribution in [2.24, 2.45) is 0 Å². The van der Waals surface area contributed by atoms with Gasteiger partial charge in [0.25, 0.3) is 5.91 Å². The Balaban J connectivity index is 1.57. The summed E-state index contributed by atoms with van der Waals surface area (Å²) >= 11 is 1.20. The molecule has 1 saturated heterocycles. The largest absolute Gasteiger partial charge is 0.481 e. The maximum atomic E-state index is 13.4. The number of nitrogens with zero attached hydrogens (tertiary/aromatic N) is 3. The fourth-order valence-electron chi connectivity index (χ4n) is 4.15. The molecule has 0 aliphatic carbocycles. The van der Waals surface area contributed by atoms with Crippen LogP contribution in [0, 0.1) is 0 Å². The van der Waals surface area contributed by atoms with Gasteiger partial charge in [0, 0.05) is 18.4 Å². The van der Waals surface area contributed by atoms with Gasteiger partial charge in [-0.1, -0.05) is 11.3 Å². The topological polar surface area (TPSA) is 105 Å². The van der Waals surface area contributed by atoms with Gasteiger partial charge < -0.3 is 18.9 Å². The van der Waals surface area contributed by atoms with Crippen LogP contribution in [0.5, 0.6) is 17.5 Å². The van der Waals surface area contributed by atoms with Crippen molar-refractivity contribution in [2.45, 2.75) is 24.6 Å². The van der Waals surface area contributed by atoms with Gasteiger partial charge in [-0.2, -0.15) is 13.2 Å². The first-order valence-corrected chi connectivity index (χ1v) is 11.3. The van der Waals surface area contributed by atoms with Crippen molar-refractivity contribution in [3.63, 3.8) is 0 Å². The smallest absolute Gasteiger partial charge is 0.416 e. The highest BCUT2D eigenvalue weighted by Crippen LogP contribution is 2.53. The predicted octanol–water partition coefficient (Wildman–Crippen LogP) is 4.29. The van der Waals surface area contributed by atoms with E-state index in [2.05, 4.69) is 20.3 Å². The number of methoxy groups -OCH3 is 2. The molecule has 0 unspecified atom stereocenters. The van der Waals surface area contributed by atoms with Gasteiger partial charge >= 0.3 is 6.18 Å². The van der Waals surface area contributed by atoms with Crippen molar-refractivity contribution in [2.75, 3.05) is 32.8 Å². The van der Waals surface area contributed by atoms with Gasteiger partial charge in [-0.05, 0) is 18.2 Å². The van der Waals surface area contributed by atoms with Crippen LogP contribution in [0.2, 0.25) is 0 Å². The lowest BCUT2D eigenvalue weighted by atomic mass is 9.87. The second-order valence-electron chi connectivity index (χ2n) is 7.84. The van der Waals surface area contributed by atoms with Crippen LogP contribution in [-0.4, -0.2) is 48.3 Å². The van der Waals surface area contributed by atoms with Crippen LogP contribution in [0.25, 0.3) is 11.3 Å². The number of carbonyl (C=O) groups excluding carboxylic acids is 1. The summed E-state index contributed by atoms with van der Waals surface area (Å²) in [6.07, 6.45) is -2.45. The number of halogens is 3. The number of alkyl halides is 3. The van der Waals surface area contributed by atoms with Gasteiger partial charge in [-0.25, -0.2) is 15.0 Å². The molecule has 1 N–H and O–H groups in total. The highest BCUT2D eigenvalue weighted by atomic mass is 32.1. The Kier molecular flexibility index (Phi) is 5.75. The maximum Gasteiger partial charge on any atom is 0.416 e. The zero-order chi connectivity index (χ0) is 24.8. The highest BCUT2D eigenvalue weighted by Gasteiger charge is 2.46. The molecule has 184 valence electrons. The molecule has 0 radical (unpaired) electrons. The zero-order valence-corrected chi connectivity index (χ0v) is 19.4. The Morgan fingerprint density at radius 2 is 1.83 bits per heavy atom. The van der Waals surface area contributed by atoms with Crippen LogP contribution in [0.3, 0.4) is 0 Å². The van der Waals surface area contributed by atoms with Gasteiger partial charge in [-0.3, -0.25) is 10.1 Å². The van der Waals surface area contributed by atoms with Crippen LogP contribution in [-0.2, 0) is 16.5 Å². The monoisotopic (exact) mass is 508 g/mol. The van der Waals surface area contributed by atoms with E-state index in [1.807, 2.05) is 0 Å². The van der Waals surface area contributed by atoms with Crippen molar-refractivity contribution >= 4 is 22.4 Å². The van der Waals surface area contributed by atoms with Gasteiger partial charge in [-0.15, -0.1) is 0 Å². The Labute approximate surface area is 201 Å². The van der Waals surface area contributed by atoms with Gasteiger partial charge in [0.2, 0.25) is 11.8 Å².